The second-order valence-electron chi connectivity index (χ2n) is 6.02. The summed E-state index contributed by atoms with van der Waals surface area (Å²) in [5.74, 6) is -1.25. The van der Waals surface area contributed by atoms with E-state index < -0.39 is 11.8 Å². The van der Waals surface area contributed by atoms with Crippen LogP contribution in [0.5, 0.6) is 0 Å². The van der Waals surface area contributed by atoms with E-state index in [0.717, 1.165) is 11.1 Å². The molecular weight excluding hydrogens is 360 g/mol. The van der Waals surface area contributed by atoms with E-state index in [1.54, 1.807) is 12.1 Å². The number of benzene rings is 3. The largest absolute Gasteiger partial charge is 0.344 e. The third kappa shape index (κ3) is 5.19. The molecule has 0 aliphatic heterocycles. The molecule has 0 aliphatic carbocycles. The summed E-state index contributed by atoms with van der Waals surface area (Å²) in [6.07, 6.45) is 0. The molecule has 3 aromatic rings. The molecule has 0 radical (unpaired) electrons. The van der Waals surface area contributed by atoms with Gasteiger partial charge in [-0.05, 0) is 35.4 Å². The average molecular weight is 379 g/mol. The van der Waals surface area contributed by atoms with Crippen molar-refractivity contribution in [2.45, 2.75) is 13.1 Å². The first-order valence-corrected chi connectivity index (χ1v) is 8.94. The van der Waals surface area contributed by atoms with Gasteiger partial charge in [0.15, 0.2) is 0 Å². The summed E-state index contributed by atoms with van der Waals surface area (Å²) < 4.78 is 0. The van der Waals surface area contributed by atoms with E-state index in [9.17, 15) is 9.59 Å². The normalized spacial score (nSPS) is 10.3. The number of rotatable bonds is 5. The van der Waals surface area contributed by atoms with Gasteiger partial charge in [0.25, 0.3) is 0 Å². The lowest BCUT2D eigenvalue weighted by Crippen LogP contribution is -2.42. The topological polar surface area (TPSA) is 49.4 Å². The number of nitrogens with zero attached hydrogens (tertiary/aromatic N) is 1. The van der Waals surface area contributed by atoms with Crippen LogP contribution in [0.3, 0.4) is 0 Å². The first-order valence-electron chi connectivity index (χ1n) is 8.56. The summed E-state index contributed by atoms with van der Waals surface area (Å²) in [5, 5.41) is 3.31. The smallest absolute Gasteiger partial charge is 0.316 e. The fourth-order valence-electron chi connectivity index (χ4n) is 2.64. The maximum Gasteiger partial charge on any atom is 0.316 e. The van der Waals surface area contributed by atoms with Crippen LogP contribution in [0.2, 0.25) is 5.02 Å². The SMILES string of the molecule is O=C(NCc1ccc(Cl)cc1)C(=O)N(Cc1ccccc1)c1ccccc1. The van der Waals surface area contributed by atoms with E-state index in [2.05, 4.69) is 5.32 Å². The highest BCUT2D eigenvalue weighted by molar-refractivity contribution is 6.40. The molecule has 0 saturated heterocycles. The standard InChI is InChI=1S/C22H19ClN2O2/c23-19-13-11-17(12-14-19)15-24-21(26)22(27)25(20-9-5-2-6-10-20)16-18-7-3-1-4-8-18/h1-14H,15-16H2,(H,24,26). The van der Waals surface area contributed by atoms with Gasteiger partial charge in [0.2, 0.25) is 0 Å². The predicted molar refractivity (Wildman–Crippen MR) is 107 cm³/mol. The van der Waals surface area contributed by atoms with Crippen LogP contribution in [0.25, 0.3) is 0 Å². The van der Waals surface area contributed by atoms with E-state index in [0.29, 0.717) is 17.3 Å². The molecule has 1 N–H and O–H groups in total. The van der Waals surface area contributed by atoms with Gasteiger partial charge in [0.1, 0.15) is 0 Å². The quantitative estimate of drug-likeness (QED) is 0.677. The van der Waals surface area contributed by atoms with E-state index in [-0.39, 0.29) is 6.54 Å². The number of nitrogens with one attached hydrogen (secondary N) is 1. The summed E-state index contributed by atoms with van der Waals surface area (Å²) >= 11 is 5.86. The van der Waals surface area contributed by atoms with E-state index in [4.69, 9.17) is 11.6 Å². The third-order valence-electron chi connectivity index (χ3n) is 4.06. The van der Waals surface area contributed by atoms with Gasteiger partial charge in [-0.2, -0.15) is 0 Å². The molecule has 0 saturated carbocycles. The van der Waals surface area contributed by atoms with Crippen LogP contribution in [-0.4, -0.2) is 11.8 Å². The number of para-hydroxylation sites is 1. The van der Waals surface area contributed by atoms with Crippen molar-refractivity contribution in [3.63, 3.8) is 0 Å². The number of hydrogen-bond donors (Lipinski definition) is 1. The van der Waals surface area contributed by atoms with Gasteiger partial charge < -0.3 is 5.32 Å². The van der Waals surface area contributed by atoms with Crippen molar-refractivity contribution in [1.29, 1.82) is 0 Å². The van der Waals surface area contributed by atoms with Gasteiger partial charge in [-0.3, -0.25) is 14.5 Å². The molecule has 3 rings (SSSR count). The molecule has 0 atom stereocenters. The maximum absolute atomic E-state index is 12.8. The monoisotopic (exact) mass is 378 g/mol. The van der Waals surface area contributed by atoms with Gasteiger partial charge in [-0.15, -0.1) is 0 Å². The van der Waals surface area contributed by atoms with Crippen molar-refractivity contribution in [2.24, 2.45) is 0 Å². The number of amides is 2. The third-order valence-corrected chi connectivity index (χ3v) is 4.31. The molecule has 3 aromatic carbocycles. The Kier molecular flexibility index (Phi) is 6.23. The van der Waals surface area contributed by atoms with Crippen LogP contribution >= 0.6 is 11.6 Å². The molecule has 136 valence electrons. The Morgan fingerprint density at radius 3 is 2.00 bits per heavy atom. The highest BCUT2D eigenvalue weighted by Gasteiger charge is 2.23. The fourth-order valence-corrected chi connectivity index (χ4v) is 2.76. The molecule has 0 unspecified atom stereocenters. The Morgan fingerprint density at radius 1 is 0.778 bits per heavy atom. The molecule has 0 aromatic heterocycles. The van der Waals surface area contributed by atoms with E-state index in [1.165, 1.54) is 4.90 Å². The maximum atomic E-state index is 12.8. The molecule has 4 nitrogen and oxygen atoms in total. The molecule has 5 heteroatoms. The Hall–Kier alpha value is -3.11. The van der Waals surface area contributed by atoms with Gasteiger partial charge in [-0.25, -0.2) is 0 Å². The highest BCUT2D eigenvalue weighted by Crippen LogP contribution is 2.17. The van der Waals surface area contributed by atoms with Crippen LogP contribution in [0.1, 0.15) is 11.1 Å². The molecule has 2 amide bonds. The molecule has 0 fully saturated rings. The Labute approximate surface area is 163 Å². The van der Waals surface area contributed by atoms with Crippen molar-refractivity contribution in [1.82, 2.24) is 5.32 Å². The lowest BCUT2D eigenvalue weighted by Gasteiger charge is -2.22. The summed E-state index contributed by atoms with van der Waals surface area (Å²) in [4.78, 5) is 26.8. The molecule has 0 heterocycles. The first-order chi connectivity index (χ1) is 13.1. The zero-order valence-electron chi connectivity index (χ0n) is 14.6. The molecule has 0 bridgehead atoms. The number of anilines is 1. The molecule has 0 aliphatic rings. The second-order valence-corrected chi connectivity index (χ2v) is 6.46. The van der Waals surface area contributed by atoms with Crippen molar-refractivity contribution in [3.05, 3.63) is 101 Å². The van der Waals surface area contributed by atoms with Crippen molar-refractivity contribution in [3.8, 4) is 0 Å². The Morgan fingerprint density at radius 2 is 1.37 bits per heavy atom. The average Bonchev–Trinajstić information content (AvgIpc) is 2.72. The minimum atomic E-state index is -0.648. The van der Waals surface area contributed by atoms with Gasteiger partial charge in [-0.1, -0.05) is 72.3 Å². The van der Waals surface area contributed by atoms with Crippen molar-refractivity contribution in [2.75, 3.05) is 4.90 Å². The zero-order valence-corrected chi connectivity index (χ0v) is 15.4. The second kappa shape index (κ2) is 9.01. The summed E-state index contributed by atoms with van der Waals surface area (Å²) in [6.45, 7) is 0.577. The molecule has 27 heavy (non-hydrogen) atoms. The van der Waals surface area contributed by atoms with Crippen LogP contribution < -0.4 is 10.2 Å². The Bertz CT molecular complexity index is 897. The van der Waals surface area contributed by atoms with Crippen LogP contribution in [0.4, 0.5) is 5.69 Å². The van der Waals surface area contributed by atoms with Crippen LogP contribution in [0, 0.1) is 0 Å². The van der Waals surface area contributed by atoms with E-state index >= 15 is 0 Å². The van der Waals surface area contributed by atoms with Crippen LogP contribution in [0.15, 0.2) is 84.9 Å². The number of hydrogen-bond acceptors (Lipinski definition) is 2. The molecular formula is C22H19ClN2O2. The summed E-state index contributed by atoms with van der Waals surface area (Å²) in [5.41, 5.74) is 2.49. The highest BCUT2D eigenvalue weighted by atomic mass is 35.5. The number of halogens is 1. The van der Waals surface area contributed by atoms with E-state index in [1.807, 2.05) is 72.8 Å². The zero-order chi connectivity index (χ0) is 19.1. The predicted octanol–water partition coefficient (Wildman–Crippen LogP) is 4.19. The van der Waals surface area contributed by atoms with Crippen LogP contribution in [-0.2, 0) is 22.7 Å². The van der Waals surface area contributed by atoms with Gasteiger partial charge in [0, 0.05) is 17.3 Å². The van der Waals surface area contributed by atoms with Gasteiger partial charge >= 0.3 is 11.8 Å². The minimum Gasteiger partial charge on any atom is -0.344 e. The first kappa shape index (κ1) is 18.7. The minimum absolute atomic E-state index is 0.260. The lowest BCUT2D eigenvalue weighted by atomic mass is 10.2. The lowest BCUT2D eigenvalue weighted by molar-refractivity contribution is -0.137. The summed E-state index contributed by atoms with van der Waals surface area (Å²) in [7, 11) is 0. The van der Waals surface area contributed by atoms with Gasteiger partial charge in [0.05, 0.1) is 6.54 Å². The number of carbonyl (C=O) groups excluding carboxylic acids is 2. The summed E-state index contributed by atoms with van der Waals surface area (Å²) in [6, 6.07) is 25.9. The number of carbonyl (C=O) groups is 2. The fraction of sp³-hybridized carbons (Fsp3) is 0.0909. The van der Waals surface area contributed by atoms with Crippen molar-refractivity contribution < 1.29 is 9.59 Å². The molecule has 0 spiro atoms. The van der Waals surface area contributed by atoms with Crippen molar-refractivity contribution >= 4 is 29.1 Å². The Balaban J connectivity index is 1.73.